The number of hydrogen-bond acceptors (Lipinski definition) is 3. The van der Waals surface area contributed by atoms with Crippen LogP contribution in [0.5, 0.6) is 0 Å². The molecule has 5 heteroatoms. The van der Waals surface area contributed by atoms with E-state index in [9.17, 15) is 0 Å². The van der Waals surface area contributed by atoms with Gasteiger partial charge in [0.1, 0.15) is 0 Å². The molecule has 0 aliphatic heterocycles. The molecule has 0 saturated carbocycles. The molecule has 0 aliphatic carbocycles. The summed E-state index contributed by atoms with van der Waals surface area (Å²) in [6.07, 6.45) is 1.69. The van der Waals surface area contributed by atoms with Crippen molar-refractivity contribution in [3.63, 3.8) is 0 Å². The number of aryl methyl sites for hydroxylation is 1. The summed E-state index contributed by atoms with van der Waals surface area (Å²) in [5, 5.41) is 8.49. The maximum absolute atomic E-state index is 5.84. The summed E-state index contributed by atoms with van der Waals surface area (Å²) in [6, 6.07) is 16.2. The molecule has 21 heavy (non-hydrogen) atoms. The Morgan fingerprint density at radius 2 is 2.00 bits per heavy atom. The molecule has 2 rings (SSSR count). The second-order valence-corrected chi connectivity index (χ2v) is 6.33. The number of nitrogens with two attached hydrogens (primary N) is 1. The van der Waals surface area contributed by atoms with E-state index < -0.39 is 0 Å². The van der Waals surface area contributed by atoms with Gasteiger partial charge >= 0.3 is 0 Å². The summed E-state index contributed by atoms with van der Waals surface area (Å²) < 4.78 is 0.997. The Hall–Kier alpha value is -1.59. The van der Waals surface area contributed by atoms with Gasteiger partial charge in [-0.25, -0.2) is 0 Å². The van der Waals surface area contributed by atoms with Gasteiger partial charge in [-0.05, 0) is 24.1 Å². The average molecular weight is 362 g/mol. The van der Waals surface area contributed by atoms with Crippen LogP contribution < -0.4 is 5.73 Å². The fourth-order valence-corrected chi connectivity index (χ4v) is 2.85. The van der Waals surface area contributed by atoms with Gasteiger partial charge in [0.05, 0.1) is 6.21 Å². The van der Waals surface area contributed by atoms with Gasteiger partial charge in [-0.1, -0.05) is 70.2 Å². The van der Waals surface area contributed by atoms with Crippen molar-refractivity contribution in [3.05, 3.63) is 69.7 Å². The van der Waals surface area contributed by atoms with E-state index in [1.165, 1.54) is 22.9 Å². The quantitative estimate of drug-likeness (QED) is 0.500. The standard InChI is InChI=1S/C16H16BrN3S/c1-12-7-8-14(15(17)9-12)10-19-20-16(18)21-11-13-5-3-2-4-6-13/h2-10H,11H2,1H3,(H2,18,20). The molecule has 0 bridgehead atoms. The predicted octanol–water partition coefficient (Wildman–Crippen LogP) is 4.34. The fraction of sp³-hybridized carbons (Fsp3) is 0.125. The molecule has 0 saturated heterocycles. The van der Waals surface area contributed by atoms with Gasteiger partial charge in [-0.2, -0.15) is 5.10 Å². The Kier molecular flexibility index (Phi) is 6.02. The smallest absolute Gasteiger partial charge is 0.180 e. The zero-order valence-corrected chi connectivity index (χ0v) is 14.1. The summed E-state index contributed by atoms with van der Waals surface area (Å²) in [4.78, 5) is 0. The van der Waals surface area contributed by atoms with Gasteiger partial charge < -0.3 is 5.73 Å². The largest absolute Gasteiger partial charge is 0.377 e. The van der Waals surface area contributed by atoms with E-state index >= 15 is 0 Å². The van der Waals surface area contributed by atoms with Crippen molar-refractivity contribution in [3.8, 4) is 0 Å². The lowest BCUT2D eigenvalue weighted by Crippen LogP contribution is -2.06. The van der Waals surface area contributed by atoms with E-state index in [1.807, 2.05) is 43.3 Å². The first-order valence-corrected chi connectivity index (χ1v) is 8.22. The van der Waals surface area contributed by atoms with Crippen molar-refractivity contribution in [2.45, 2.75) is 12.7 Å². The van der Waals surface area contributed by atoms with Gasteiger partial charge in [0.25, 0.3) is 0 Å². The first kappa shape index (κ1) is 15.8. The zero-order valence-electron chi connectivity index (χ0n) is 11.7. The first-order valence-electron chi connectivity index (χ1n) is 6.44. The molecule has 0 spiro atoms. The third-order valence-electron chi connectivity index (χ3n) is 2.74. The second-order valence-electron chi connectivity index (χ2n) is 4.48. The van der Waals surface area contributed by atoms with Crippen LogP contribution in [0.25, 0.3) is 0 Å². The molecular formula is C16H16BrN3S. The summed E-state index contributed by atoms with van der Waals surface area (Å²) in [7, 11) is 0. The molecular weight excluding hydrogens is 346 g/mol. The molecule has 108 valence electrons. The number of thioether (sulfide) groups is 1. The van der Waals surface area contributed by atoms with Gasteiger partial charge in [-0.15, -0.1) is 5.10 Å². The Morgan fingerprint density at radius 3 is 2.71 bits per heavy atom. The number of halogens is 1. The minimum atomic E-state index is 0.457. The molecule has 0 heterocycles. The van der Waals surface area contributed by atoms with Crippen molar-refractivity contribution in [1.29, 1.82) is 0 Å². The van der Waals surface area contributed by atoms with Gasteiger partial charge in [0.2, 0.25) is 0 Å². The number of rotatable bonds is 4. The van der Waals surface area contributed by atoms with Crippen LogP contribution >= 0.6 is 27.7 Å². The SMILES string of the molecule is Cc1ccc(C=NN=C(N)SCc2ccccc2)c(Br)c1. The minimum Gasteiger partial charge on any atom is -0.377 e. The Morgan fingerprint density at radius 1 is 1.24 bits per heavy atom. The first-order chi connectivity index (χ1) is 10.1. The molecule has 2 aromatic rings. The highest BCUT2D eigenvalue weighted by molar-refractivity contribution is 9.10. The maximum atomic E-state index is 5.84. The number of amidine groups is 1. The maximum Gasteiger partial charge on any atom is 0.180 e. The van der Waals surface area contributed by atoms with Crippen LogP contribution in [0, 0.1) is 6.92 Å². The highest BCUT2D eigenvalue weighted by atomic mass is 79.9. The molecule has 0 radical (unpaired) electrons. The van der Waals surface area contributed by atoms with Crippen LogP contribution in [0.1, 0.15) is 16.7 Å². The highest BCUT2D eigenvalue weighted by Gasteiger charge is 1.97. The Bertz CT molecular complexity index is 654. The Labute approximate surface area is 137 Å². The van der Waals surface area contributed by atoms with Crippen molar-refractivity contribution in [1.82, 2.24) is 0 Å². The second kappa shape index (κ2) is 8.00. The van der Waals surface area contributed by atoms with E-state index in [2.05, 4.69) is 38.3 Å². The normalized spacial score (nSPS) is 12.0. The third-order valence-corrected chi connectivity index (χ3v) is 4.28. The monoisotopic (exact) mass is 361 g/mol. The summed E-state index contributed by atoms with van der Waals surface area (Å²) in [5.74, 6) is 0.792. The van der Waals surface area contributed by atoms with E-state index in [-0.39, 0.29) is 0 Å². The molecule has 0 atom stereocenters. The molecule has 0 unspecified atom stereocenters. The third kappa shape index (κ3) is 5.36. The summed E-state index contributed by atoms with van der Waals surface area (Å²) >= 11 is 4.97. The topological polar surface area (TPSA) is 50.7 Å². The fourth-order valence-electron chi connectivity index (χ4n) is 1.65. The lowest BCUT2D eigenvalue weighted by atomic mass is 10.2. The van der Waals surface area contributed by atoms with Crippen molar-refractivity contribution >= 4 is 39.1 Å². The molecule has 0 fully saturated rings. The molecule has 0 amide bonds. The lowest BCUT2D eigenvalue weighted by Gasteiger charge is -2.00. The molecule has 0 aromatic heterocycles. The van der Waals surface area contributed by atoms with E-state index in [0.29, 0.717) is 5.17 Å². The van der Waals surface area contributed by atoms with Gasteiger partial charge in [-0.3, -0.25) is 0 Å². The predicted molar refractivity (Wildman–Crippen MR) is 95.8 cm³/mol. The Balaban J connectivity index is 1.92. The minimum absolute atomic E-state index is 0.457. The summed E-state index contributed by atoms with van der Waals surface area (Å²) in [5.41, 5.74) is 9.22. The van der Waals surface area contributed by atoms with Gasteiger partial charge in [0.15, 0.2) is 5.17 Å². The van der Waals surface area contributed by atoms with Crippen LogP contribution in [-0.2, 0) is 5.75 Å². The van der Waals surface area contributed by atoms with Crippen molar-refractivity contribution in [2.24, 2.45) is 15.9 Å². The van der Waals surface area contributed by atoms with Crippen LogP contribution in [0.3, 0.4) is 0 Å². The van der Waals surface area contributed by atoms with Crippen LogP contribution in [0.15, 0.2) is 63.2 Å². The van der Waals surface area contributed by atoms with Crippen molar-refractivity contribution < 1.29 is 0 Å². The highest BCUT2D eigenvalue weighted by Crippen LogP contribution is 2.16. The zero-order chi connectivity index (χ0) is 15.1. The van der Waals surface area contributed by atoms with Gasteiger partial charge in [0, 0.05) is 15.8 Å². The molecule has 3 nitrogen and oxygen atoms in total. The van der Waals surface area contributed by atoms with E-state index in [4.69, 9.17) is 5.73 Å². The van der Waals surface area contributed by atoms with Crippen LogP contribution in [0.2, 0.25) is 0 Å². The van der Waals surface area contributed by atoms with E-state index in [1.54, 1.807) is 6.21 Å². The van der Waals surface area contributed by atoms with Crippen molar-refractivity contribution in [2.75, 3.05) is 0 Å². The average Bonchev–Trinajstić information content (AvgIpc) is 2.48. The molecule has 2 N–H and O–H groups in total. The lowest BCUT2D eigenvalue weighted by molar-refractivity contribution is 1.25. The summed E-state index contributed by atoms with van der Waals surface area (Å²) in [6.45, 7) is 2.04. The molecule has 2 aromatic carbocycles. The molecule has 0 aliphatic rings. The number of hydrogen-bond donors (Lipinski definition) is 1. The number of nitrogens with zero attached hydrogens (tertiary/aromatic N) is 2. The van der Waals surface area contributed by atoms with Crippen LogP contribution in [-0.4, -0.2) is 11.4 Å². The van der Waals surface area contributed by atoms with Crippen LogP contribution in [0.4, 0.5) is 0 Å². The van der Waals surface area contributed by atoms with E-state index in [0.717, 1.165) is 15.8 Å². The number of benzene rings is 2.